The third-order valence-corrected chi connectivity index (χ3v) is 8.43. The Bertz CT molecular complexity index is 1290. The first-order valence-electron chi connectivity index (χ1n) is 12.2. The number of piperazine rings is 1. The van der Waals surface area contributed by atoms with E-state index in [1.807, 2.05) is 60.4 Å². The Morgan fingerprint density at radius 3 is 2.31 bits per heavy atom. The molecule has 1 atom stereocenters. The third-order valence-electron chi connectivity index (χ3n) is 6.64. The van der Waals surface area contributed by atoms with Crippen LogP contribution in [0.2, 0.25) is 5.02 Å². The summed E-state index contributed by atoms with van der Waals surface area (Å²) in [5, 5.41) is 0.717. The number of carbonyl (C=O) groups excluding carboxylic acids is 1. The maximum atomic E-state index is 12.8. The first-order chi connectivity index (χ1) is 17.2. The fraction of sp³-hybridized carbons (Fsp3) is 0.321. The Hall–Kier alpha value is -2.87. The second kappa shape index (κ2) is 11.5. The normalized spacial score (nSPS) is 15.1. The first kappa shape index (κ1) is 26.2. The molecule has 0 bridgehead atoms. The fourth-order valence-electron chi connectivity index (χ4n) is 4.48. The van der Waals surface area contributed by atoms with E-state index in [2.05, 4.69) is 16.5 Å². The van der Waals surface area contributed by atoms with Crippen molar-refractivity contribution in [3.05, 3.63) is 94.5 Å². The minimum absolute atomic E-state index is 0.118. The van der Waals surface area contributed by atoms with Crippen LogP contribution >= 0.6 is 11.6 Å². The van der Waals surface area contributed by atoms with Crippen molar-refractivity contribution >= 4 is 33.2 Å². The second-order valence-electron chi connectivity index (χ2n) is 9.20. The summed E-state index contributed by atoms with van der Waals surface area (Å²) in [6.07, 6.45) is 0.964. The van der Waals surface area contributed by atoms with E-state index in [1.54, 1.807) is 24.3 Å². The van der Waals surface area contributed by atoms with Gasteiger partial charge in [0.05, 0.1) is 4.90 Å². The average molecular weight is 526 g/mol. The van der Waals surface area contributed by atoms with Gasteiger partial charge in [-0.2, -0.15) is 0 Å². The lowest BCUT2D eigenvalue weighted by Gasteiger charge is -2.37. The van der Waals surface area contributed by atoms with E-state index in [4.69, 9.17) is 11.6 Å². The number of hydrogen-bond acceptors (Lipinski definition) is 4. The topological polar surface area (TPSA) is 69.7 Å². The molecule has 1 saturated heterocycles. The number of sulfonamides is 1. The van der Waals surface area contributed by atoms with Gasteiger partial charge in [0.2, 0.25) is 15.9 Å². The van der Waals surface area contributed by atoms with Crippen molar-refractivity contribution in [2.45, 2.75) is 37.6 Å². The Balaban J connectivity index is 1.28. The second-order valence-corrected chi connectivity index (χ2v) is 11.3. The molecule has 1 aliphatic heterocycles. The van der Waals surface area contributed by atoms with Gasteiger partial charge in [-0.15, -0.1) is 0 Å². The number of amides is 1. The summed E-state index contributed by atoms with van der Waals surface area (Å²) in [6, 6.07) is 21.8. The van der Waals surface area contributed by atoms with Crippen molar-refractivity contribution in [3.8, 4) is 0 Å². The highest BCUT2D eigenvalue weighted by atomic mass is 35.5. The largest absolute Gasteiger partial charge is 0.368 e. The molecule has 3 aromatic carbocycles. The molecule has 36 heavy (non-hydrogen) atoms. The van der Waals surface area contributed by atoms with Crippen molar-refractivity contribution in [3.63, 3.8) is 0 Å². The number of rotatable bonds is 8. The van der Waals surface area contributed by atoms with Gasteiger partial charge in [-0.25, -0.2) is 13.1 Å². The quantitative estimate of drug-likeness (QED) is 0.451. The van der Waals surface area contributed by atoms with E-state index in [0.29, 0.717) is 25.9 Å². The van der Waals surface area contributed by atoms with Crippen LogP contribution in [0.5, 0.6) is 0 Å². The van der Waals surface area contributed by atoms with E-state index in [1.165, 1.54) is 5.56 Å². The molecule has 190 valence electrons. The summed E-state index contributed by atoms with van der Waals surface area (Å²) in [4.78, 5) is 17.2. The summed E-state index contributed by atoms with van der Waals surface area (Å²) < 4.78 is 28.3. The molecular formula is C28H32ClN3O3S. The molecule has 1 heterocycles. The molecule has 8 heteroatoms. The molecule has 3 aromatic rings. The molecule has 0 unspecified atom stereocenters. The van der Waals surface area contributed by atoms with E-state index in [-0.39, 0.29) is 16.8 Å². The first-order valence-corrected chi connectivity index (χ1v) is 14.0. The van der Waals surface area contributed by atoms with Crippen LogP contribution in [0.3, 0.4) is 0 Å². The fourth-order valence-corrected chi connectivity index (χ4v) is 5.87. The van der Waals surface area contributed by atoms with Crippen LogP contribution in [0.1, 0.15) is 36.1 Å². The molecule has 4 rings (SSSR count). The van der Waals surface area contributed by atoms with Gasteiger partial charge >= 0.3 is 0 Å². The number of halogens is 1. The van der Waals surface area contributed by atoms with Crippen LogP contribution in [0.4, 0.5) is 5.69 Å². The van der Waals surface area contributed by atoms with Crippen LogP contribution in [0.25, 0.3) is 0 Å². The van der Waals surface area contributed by atoms with Crippen LogP contribution in [0.15, 0.2) is 77.7 Å². The predicted molar refractivity (Wildman–Crippen MR) is 145 cm³/mol. The third kappa shape index (κ3) is 6.46. The molecule has 0 spiro atoms. The zero-order valence-corrected chi connectivity index (χ0v) is 22.2. The summed E-state index contributed by atoms with van der Waals surface area (Å²) >= 11 is 6.17. The monoisotopic (exact) mass is 525 g/mol. The molecule has 0 radical (unpaired) electrons. The lowest BCUT2D eigenvalue weighted by atomic mass is 10.1. The van der Waals surface area contributed by atoms with Gasteiger partial charge in [0.15, 0.2) is 0 Å². The molecule has 1 amide bonds. The number of anilines is 1. The van der Waals surface area contributed by atoms with Gasteiger partial charge < -0.3 is 9.80 Å². The highest BCUT2D eigenvalue weighted by Crippen LogP contribution is 2.25. The Morgan fingerprint density at radius 2 is 1.64 bits per heavy atom. The molecule has 0 aromatic heterocycles. The van der Waals surface area contributed by atoms with E-state index in [0.717, 1.165) is 34.9 Å². The van der Waals surface area contributed by atoms with E-state index < -0.39 is 10.0 Å². The van der Waals surface area contributed by atoms with Crippen LogP contribution in [0, 0.1) is 6.92 Å². The van der Waals surface area contributed by atoms with Crippen molar-refractivity contribution < 1.29 is 13.2 Å². The minimum atomic E-state index is -3.64. The van der Waals surface area contributed by atoms with Crippen LogP contribution < -0.4 is 9.62 Å². The smallest absolute Gasteiger partial charge is 0.241 e. The number of nitrogens with one attached hydrogen (secondary N) is 1. The molecule has 1 aliphatic rings. The SMILES string of the molecule is Cc1ccc(Cl)cc1N1CCN(C(=O)CCc2ccc(S(=O)(=O)N[C@H](C)c3ccccc3)cc2)CC1. The lowest BCUT2D eigenvalue weighted by molar-refractivity contribution is -0.131. The maximum absolute atomic E-state index is 12.8. The summed E-state index contributed by atoms with van der Waals surface area (Å²) in [6.45, 7) is 6.78. The van der Waals surface area contributed by atoms with Gasteiger partial charge in [0.25, 0.3) is 0 Å². The summed E-state index contributed by atoms with van der Waals surface area (Å²) in [5.41, 5.74) is 4.14. The molecule has 0 aliphatic carbocycles. The van der Waals surface area contributed by atoms with Gasteiger partial charge in [0.1, 0.15) is 0 Å². The van der Waals surface area contributed by atoms with E-state index in [9.17, 15) is 13.2 Å². The van der Waals surface area contributed by atoms with Crippen LogP contribution in [-0.4, -0.2) is 45.4 Å². The minimum Gasteiger partial charge on any atom is -0.368 e. The van der Waals surface area contributed by atoms with Crippen LogP contribution in [-0.2, 0) is 21.2 Å². The number of aryl methyl sites for hydroxylation is 2. The zero-order valence-electron chi connectivity index (χ0n) is 20.7. The van der Waals surface area contributed by atoms with Crippen molar-refractivity contribution in [2.24, 2.45) is 0 Å². The zero-order chi connectivity index (χ0) is 25.7. The highest BCUT2D eigenvalue weighted by Gasteiger charge is 2.22. The van der Waals surface area contributed by atoms with E-state index >= 15 is 0 Å². The summed E-state index contributed by atoms with van der Waals surface area (Å²) in [5.74, 6) is 0.118. The predicted octanol–water partition coefficient (Wildman–Crippen LogP) is 4.97. The van der Waals surface area contributed by atoms with Crippen molar-refractivity contribution in [1.82, 2.24) is 9.62 Å². The highest BCUT2D eigenvalue weighted by molar-refractivity contribution is 7.89. The van der Waals surface area contributed by atoms with Gasteiger partial charge in [-0.1, -0.05) is 60.1 Å². The standard InChI is InChI=1S/C28H32ClN3O3S/c1-21-8-12-25(29)20-27(21)31-16-18-32(19-17-31)28(33)15-11-23-9-13-26(14-10-23)36(34,35)30-22(2)24-6-4-3-5-7-24/h3-10,12-14,20,22,30H,11,15-19H2,1-2H3/t22-/m1/s1. The Kier molecular flexibility index (Phi) is 8.34. The number of hydrogen-bond donors (Lipinski definition) is 1. The molecule has 6 nitrogen and oxygen atoms in total. The lowest BCUT2D eigenvalue weighted by Crippen LogP contribution is -2.49. The maximum Gasteiger partial charge on any atom is 0.241 e. The number of carbonyl (C=O) groups is 1. The van der Waals surface area contributed by atoms with Gasteiger partial charge in [0, 0.05) is 49.4 Å². The van der Waals surface area contributed by atoms with Gasteiger partial charge in [-0.3, -0.25) is 4.79 Å². The van der Waals surface area contributed by atoms with Gasteiger partial charge in [-0.05, 0) is 61.2 Å². The number of nitrogens with zero attached hydrogens (tertiary/aromatic N) is 2. The summed E-state index contributed by atoms with van der Waals surface area (Å²) in [7, 11) is -3.64. The molecule has 1 N–H and O–H groups in total. The van der Waals surface area contributed by atoms with Crippen molar-refractivity contribution in [2.75, 3.05) is 31.1 Å². The van der Waals surface area contributed by atoms with Crippen molar-refractivity contribution in [1.29, 1.82) is 0 Å². The average Bonchev–Trinajstić information content (AvgIpc) is 2.89. The molecule has 1 fully saturated rings. The molecular weight excluding hydrogens is 494 g/mol. The molecule has 0 saturated carbocycles. The Morgan fingerprint density at radius 1 is 0.972 bits per heavy atom. The Labute approximate surface area is 218 Å². The number of benzene rings is 3.